The first-order valence-electron chi connectivity index (χ1n) is 30.6. The maximum absolute atomic E-state index is 13.2. The van der Waals surface area contributed by atoms with E-state index in [0.29, 0.717) is 25.7 Å². The van der Waals surface area contributed by atoms with Crippen LogP contribution < -0.4 is 0 Å². The quantitative estimate of drug-likeness (QED) is 0.0228. The van der Waals surface area contributed by atoms with E-state index in [0.717, 1.165) is 89.9 Å². The van der Waals surface area contributed by atoms with Gasteiger partial charge in [-0.25, -0.2) is 4.79 Å². The van der Waals surface area contributed by atoms with Gasteiger partial charge in [0.2, 0.25) is 0 Å². The van der Waals surface area contributed by atoms with Crippen LogP contribution in [0.5, 0.6) is 0 Å². The van der Waals surface area contributed by atoms with Gasteiger partial charge in [-0.3, -0.25) is 14.4 Å². The van der Waals surface area contributed by atoms with E-state index in [9.17, 15) is 34.5 Å². The monoisotopic (exact) mass is 1080 g/mol. The average molecular weight is 1080 g/mol. The summed E-state index contributed by atoms with van der Waals surface area (Å²) in [5.41, 5.74) is 0. The predicted octanol–water partition coefficient (Wildman–Crippen LogP) is 15.9. The number of aliphatic hydroxyl groups is 2. The summed E-state index contributed by atoms with van der Waals surface area (Å²) in [5.74, 6) is -3.24. The molecule has 1 saturated heterocycles. The van der Waals surface area contributed by atoms with E-state index in [2.05, 4.69) is 87.6 Å². The maximum Gasteiger partial charge on any atom is 0.335 e. The summed E-state index contributed by atoms with van der Waals surface area (Å²) in [6.07, 6.45) is 55.8. The molecule has 0 saturated carbocycles. The molecule has 1 fully saturated rings. The van der Waals surface area contributed by atoms with Crippen molar-refractivity contribution in [3.63, 3.8) is 0 Å². The molecule has 3 N–H and O–H groups in total. The van der Waals surface area contributed by atoms with Crippen LogP contribution in [0.2, 0.25) is 0 Å². The second-order valence-corrected chi connectivity index (χ2v) is 20.6. The highest BCUT2D eigenvalue weighted by atomic mass is 16.7. The molecule has 0 aliphatic carbocycles. The molecule has 12 nitrogen and oxygen atoms in total. The minimum absolute atomic E-state index is 0.0647. The van der Waals surface area contributed by atoms with Gasteiger partial charge < -0.3 is 39.0 Å². The zero-order chi connectivity index (χ0) is 56.1. The van der Waals surface area contributed by atoms with Gasteiger partial charge >= 0.3 is 23.9 Å². The van der Waals surface area contributed by atoms with Crippen molar-refractivity contribution in [2.75, 3.05) is 13.2 Å². The molecule has 1 heterocycles. The van der Waals surface area contributed by atoms with Crippen molar-refractivity contribution in [3.8, 4) is 0 Å². The fourth-order valence-corrected chi connectivity index (χ4v) is 8.87. The van der Waals surface area contributed by atoms with Gasteiger partial charge in [-0.15, -0.1) is 0 Å². The first kappa shape index (κ1) is 70.9. The minimum Gasteiger partial charge on any atom is -0.479 e. The van der Waals surface area contributed by atoms with Crippen molar-refractivity contribution in [2.45, 2.75) is 289 Å². The van der Waals surface area contributed by atoms with E-state index in [4.69, 9.17) is 23.7 Å². The number of ether oxygens (including phenoxy) is 5. The van der Waals surface area contributed by atoms with Gasteiger partial charge in [-0.2, -0.15) is 0 Å². The lowest BCUT2D eigenvalue weighted by atomic mass is 9.98. The van der Waals surface area contributed by atoms with Crippen LogP contribution in [-0.4, -0.2) is 89.2 Å². The molecule has 0 aromatic heterocycles. The summed E-state index contributed by atoms with van der Waals surface area (Å²) in [6, 6.07) is 0. The second-order valence-electron chi connectivity index (χ2n) is 20.6. The van der Waals surface area contributed by atoms with Crippen molar-refractivity contribution in [1.29, 1.82) is 0 Å². The molecule has 1 aliphatic rings. The van der Waals surface area contributed by atoms with Gasteiger partial charge in [0.25, 0.3) is 0 Å². The molecule has 6 atom stereocenters. The van der Waals surface area contributed by atoms with Crippen LogP contribution in [0.1, 0.15) is 252 Å². The Balaban J connectivity index is 2.70. The molecule has 440 valence electrons. The van der Waals surface area contributed by atoms with Crippen LogP contribution in [0.3, 0.4) is 0 Å². The van der Waals surface area contributed by atoms with Crippen LogP contribution in [0.15, 0.2) is 85.1 Å². The first-order valence-corrected chi connectivity index (χ1v) is 30.6. The zero-order valence-corrected chi connectivity index (χ0v) is 48.4. The molecule has 0 aromatic rings. The molecule has 0 radical (unpaired) electrons. The Labute approximate surface area is 467 Å². The molecular formula is C65H108O12. The van der Waals surface area contributed by atoms with E-state index < -0.39 is 67.3 Å². The number of carboxylic acid groups (broad SMARTS) is 1. The third-order valence-corrected chi connectivity index (χ3v) is 13.5. The third-order valence-electron chi connectivity index (χ3n) is 13.5. The number of allylic oxidation sites excluding steroid dienone is 14. The van der Waals surface area contributed by atoms with E-state index in [1.807, 2.05) is 18.2 Å². The lowest BCUT2D eigenvalue weighted by Crippen LogP contribution is -2.61. The van der Waals surface area contributed by atoms with Crippen LogP contribution in [-0.2, 0) is 42.9 Å². The van der Waals surface area contributed by atoms with Crippen LogP contribution in [0.25, 0.3) is 0 Å². The number of hydrogen-bond donors (Lipinski definition) is 3. The standard InChI is InChI=1S/C65H108O12/c1-4-7-10-13-16-19-22-25-27-28-29-30-32-34-36-39-42-45-48-51-57(66)73-54-56(75-58(67)52-49-46-43-40-38-35-31-26-23-20-17-14-11-8-5-2)55-74-65-63(61(70)60(69)62(77-65)64(71)72)76-59(68)53-50-47-44-41-37-33-24-21-18-15-12-9-6-3/h8-9,11-12,17-18,20-21,26,31,33,37,44,47,56,60-63,65,69-70H,4-7,10,13-16,19,22-25,27-30,32,34-36,38-43,45-46,48-55H2,1-3H3,(H,71,72)/b11-8-,12-9-,20-17-,21-18-,31-26-,37-33-,47-44-. The molecule has 0 amide bonds. The highest BCUT2D eigenvalue weighted by molar-refractivity contribution is 5.74. The Bertz CT molecular complexity index is 1660. The van der Waals surface area contributed by atoms with Crippen molar-refractivity contribution in [2.24, 2.45) is 0 Å². The molecule has 6 unspecified atom stereocenters. The number of unbranched alkanes of at least 4 members (excludes halogenated alkanes) is 23. The topological polar surface area (TPSA) is 175 Å². The van der Waals surface area contributed by atoms with Gasteiger partial charge in [-0.05, 0) is 77.0 Å². The van der Waals surface area contributed by atoms with Crippen LogP contribution >= 0.6 is 0 Å². The lowest BCUT2D eigenvalue weighted by Gasteiger charge is -2.40. The van der Waals surface area contributed by atoms with E-state index in [1.165, 1.54) is 96.3 Å². The Morgan fingerprint density at radius 3 is 1.30 bits per heavy atom. The van der Waals surface area contributed by atoms with Crippen molar-refractivity contribution >= 4 is 23.9 Å². The number of aliphatic hydroxyl groups excluding tert-OH is 2. The van der Waals surface area contributed by atoms with Crippen LogP contribution in [0.4, 0.5) is 0 Å². The molecular weight excluding hydrogens is 973 g/mol. The van der Waals surface area contributed by atoms with Gasteiger partial charge in [0.05, 0.1) is 6.61 Å². The normalized spacial score (nSPS) is 18.6. The largest absolute Gasteiger partial charge is 0.479 e. The Morgan fingerprint density at radius 1 is 0.442 bits per heavy atom. The summed E-state index contributed by atoms with van der Waals surface area (Å²) >= 11 is 0. The van der Waals surface area contributed by atoms with Gasteiger partial charge in [0.1, 0.15) is 18.8 Å². The Morgan fingerprint density at radius 2 is 0.844 bits per heavy atom. The summed E-state index contributed by atoms with van der Waals surface area (Å²) < 4.78 is 28.3. The van der Waals surface area contributed by atoms with E-state index in [1.54, 1.807) is 0 Å². The van der Waals surface area contributed by atoms with E-state index >= 15 is 0 Å². The number of carbonyl (C=O) groups is 4. The smallest absolute Gasteiger partial charge is 0.335 e. The predicted molar refractivity (Wildman–Crippen MR) is 312 cm³/mol. The van der Waals surface area contributed by atoms with Gasteiger partial charge in [-0.1, -0.05) is 241 Å². The molecule has 1 aliphatic heterocycles. The van der Waals surface area contributed by atoms with E-state index in [-0.39, 0.29) is 25.9 Å². The number of carbonyl (C=O) groups excluding carboxylic acids is 3. The SMILES string of the molecule is CC/C=C\C/C=C\C/C=C\C/C=C\CCC(=O)OC1C(OCC(COC(=O)CCCCCCCCCCCCCCCCCCCCC)OC(=O)CCCCCCC/C=C\C/C=C\C/C=C\CC)OC(C(=O)O)C(O)C1O. The van der Waals surface area contributed by atoms with Gasteiger partial charge in [0, 0.05) is 19.3 Å². The molecule has 0 bridgehead atoms. The molecule has 77 heavy (non-hydrogen) atoms. The summed E-state index contributed by atoms with van der Waals surface area (Å²) in [7, 11) is 0. The number of aliphatic carboxylic acids is 1. The lowest BCUT2D eigenvalue weighted by molar-refractivity contribution is -0.301. The highest BCUT2D eigenvalue weighted by Gasteiger charge is 2.50. The zero-order valence-electron chi connectivity index (χ0n) is 48.4. The number of carboxylic acids is 1. The molecule has 12 heteroatoms. The number of esters is 3. The molecule has 1 rings (SSSR count). The summed E-state index contributed by atoms with van der Waals surface area (Å²) in [5, 5.41) is 31.4. The highest BCUT2D eigenvalue weighted by Crippen LogP contribution is 2.26. The first-order chi connectivity index (χ1) is 37.6. The average Bonchev–Trinajstić information content (AvgIpc) is 3.42. The number of hydrogen-bond acceptors (Lipinski definition) is 11. The second kappa shape index (κ2) is 52.6. The summed E-state index contributed by atoms with van der Waals surface area (Å²) in [4.78, 5) is 51.1. The maximum atomic E-state index is 13.2. The third kappa shape index (κ3) is 42.5. The van der Waals surface area contributed by atoms with Crippen molar-refractivity contribution < 1.29 is 58.2 Å². The fourth-order valence-electron chi connectivity index (χ4n) is 8.87. The van der Waals surface area contributed by atoms with Crippen molar-refractivity contribution in [1.82, 2.24) is 0 Å². The summed E-state index contributed by atoms with van der Waals surface area (Å²) in [6.45, 7) is 5.73. The Hall–Kier alpha value is -4.10. The molecule has 0 aromatic carbocycles. The number of rotatable bonds is 51. The van der Waals surface area contributed by atoms with Gasteiger partial charge in [0.15, 0.2) is 24.6 Å². The van der Waals surface area contributed by atoms with Crippen LogP contribution in [0, 0.1) is 0 Å². The van der Waals surface area contributed by atoms with Crippen molar-refractivity contribution in [3.05, 3.63) is 85.1 Å². The Kier molecular flexibility index (Phi) is 48.4. The molecule has 0 spiro atoms. The minimum atomic E-state index is -1.93. The fraction of sp³-hybridized carbons (Fsp3) is 0.723.